The van der Waals surface area contributed by atoms with Gasteiger partial charge in [-0.05, 0) is 13.8 Å². The Kier molecular flexibility index (Phi) is 5.99. The molecule has 2 heterocycles. The Morgan fingerprint density at radius 1 is 0.920 bits per heavy atom. The molecule has 0 radical (unpaired) electrons. The van der Waals surface area contributed by atoms with E-state index >= 15 is 0 Å². The second kappa shape index (κ2) is 7.81. The number of nitrogens with zero attached hydrogens (tertiary/aromatic N) is 2. The molecule has 0 saturated heterocycles. The first-order valence-corrected chi connectivity index (χ1v) is 8.10. The van der Waals surface area contributed by atoms with Crippen molar-refractivity contribution in [3.8, 4) is 0 Å². The molecule has 2 aliphatic rings. The lowest BCUT2D eigenvalue weighted by molar-refractivity contribution is -0.751. The van der Waals surface area contributed by atoms with Crippen LogP contribution in [-0.4, -0.2) is 79.6 Å². The summed E-state index contributed by atoms with van der Waals surface area (Å²) >= 11 is 0. The molecule has 1 unspecified atom stereocenters. The van der Waals surface area contributed by atoms with Crippen LogP contribution in [0.1, 0.15) is 13.8 Å². The molecule has 2 aliphatic heterocycles. The second-order valence-corrected chi connectivity index (χ2v) is 6.23. The predicted octanol–water partition coefficient (Wildman–Crippen LogP) is -0.206. The zero-order chi connectivity index (χ0) is 18.6. The predicted molar refractivity (Wildman–Crippen MR) is 86.9 cm³/mol. The van der Waals surface area contributed by atoms with Crippen molar-refractivity contribution in [3.05, 3.63) is 23.3 Å². The first-order chi connectivity index (χ1) is 11.8. The number of quaternary nitrogens is 1. The molecule has 0 saturated carbocycles. The minimum absolute atomic E-state index is 0.200. The number of carbonyl (C=O) groups is 4. The van der Waals surface area contributed by atoms with Crippen LogP contribution in [0.3, 0.4) is 0 Å². The van der Waals surface area contributed by atoms with E-state index < -0.39 is 0 Å². The molecule has 2 rings (SSSR count). The summed E-state index contributed by atoms with van der Waals surface area (Å²) in [6.45, 7) is 4.79. The summed E-state index contributed by atoms with van der Waals surface area (Å²) in [5.41, 5.74) is 0.896. The third-order valence-electron chi connectivity index (χ3n) is 4.31. The number of ether oxygens (including phenoxy) is 2. The Balaban J connectivity index is 1.56. The van der Waals surface area contributed by atoms with Gasteiger partial charge in [0.05, 0.1) is 51.7 Å². The lowest BCUT2D eigenvalue weighted by Crippen LogP contribution is -2.51. The van der Waals surface area contributed by atoms with Gasteiger partial charge in [-0.3, -0.25) is 14.5 Å². The number of rotatable bonds is 9. The van der Waals surface area contributed by atoms with Gasteiger partial charge in [0.15, 0.2) is 0 Å². The van der Waals surface area contributed by atoms with E-state index in [0.29, 0.717) is 24.4 Å². The molecular weight excluding hydrogens is 328 g/mol. The van der Waals surface area contributed by atoms with Crippen LogP contribution < -0.4 is 0 Å². The average Bonchev–Trinajstić information content (AvgIpc) is 2.91. The molecule has 1 atom stereocenters. The van der Waals surface area contributed by atoms with Crippen LogP contribution in [0.25, 0.3) is 0 Å². The average molecular weight is 351 g/mol. The summed E-state index contributed by atoms with van der Waals surface area (Å²) < 4.78 is 10.4. The van der Waals surface area contributed by atoms with Crippen molar-refractivity contribution in [1.29, 1.82) is 0 Å². The Morgan fingerprint density at radius 2 is 1.56 bits per heavy atom. The molecule has 0 aliphatic carbocycles. The highest BCUT2D eigenvalue weighted by Crippen LogP contribution is 2.19. The lowest BCUT2D eigenvalue weighted by atomic mass is 10.3. The van der Waals surface area contributed by atoms with Crippen molar-refractivity contribution in [2.45, 2.75) is 13.8 Å². The molecule has 136 valence electrons. The Hall–Kier alpha value is -2.16. The van der Waals surface area contributed by atoms with E-state index in [-0.39, 0.29) is 54.4 Å². The summed E-state index contributed by atoms with van der Waals surface area (Å²) in [6.07, 6.45) is 2.68. The van der Waals surface area contributed by atoms with Crippen molar-refractivity contribution in [3.63, 3.8) is 0 Å². The van der Waals surface area contributed by atoms with Gasteiger partial charge in [-0.1, -0.05) is 0 Å². The molecular formula is C17H23N2O6+. The van der Waals surface area contributed by atoms with E-state index in [1.165, 1.54) is 12.2 Å². The lowest BCUT2D eigenvalue weighted by Gasteiger charge is -2.23. The molecule has 0 aromatic carbocycles. The molecule has 8 nitrogen and oxygen atoms in total. The molecule has 0 bridgehead atoms. The monoisotopic (exact) mass is 351 g/mol. The van der Waals surface area contributed by atoms with Gasteiger partial charge in [0.2, 0.25) is 0 Å². The minimum atomic E-state index is -0.317. The van der Waals surface area contributed by atoms with Gasteiger partial charge in [0.1, 0.15) is 6.54 Å². The number of hydrogen-bond acceptors (Lipinski definition) is 6. The van der Waals surface area contributed by atoms with Gasteiger partial charge >= 0.3 is 11.8 Å². The first-order valence-electron chi connectivity index (χ1n) is 8.10. The molecule has 0 aromatic rings. The van der Waals surface area contributed by atoms with E-state index in [4.69, 9.17) is 9.47 Å². The minimum Gasteiger partial charge on any atom is -0.377 e. The van der Waals surface area contributed by atoms with E-state index in [9.17, 15) is 19.2 Å². The number of imide groups is 2. The molecule has 8 heteroatoms. The van der Waals surface area contributed by atoms with Crippen molar-refractivity contribution in [2.24, 2.45) is 0 Å². The smallest absolute Gasteiger partial charge is 0.349 e. The van der Waals surface area contributed by atoms with Crippen molar-refractivity contribution >= 4 is 23.6 Å². The Labute approximate surface area is 146 Å². The second-order valence-electron chi connectivity index (χ2n) is 6.23. The van der Waals surface area contributed by atoms with Gasteiger partial charge in [0.25, 0.3) is 11.8 Å². The van der Waals surface area contributed by atoms with Crippen LogP contribution >= 0.6 is 0 Å². The molecule has 0 aromatic heterocycles. The third-order valence-corrected chi connectivity index (χ3v) is 4.31. The Bertz CT molecular complexity index is 666. The van der Waals surface area contributed by atoms with E-state index in [0.717, 1.165) is 4.90 Å². The highest BCUT2D eigenvalue weighted by atomic mass is 16.5. The van der Waals surface area contributed by atoms with Crippen LogP contribution in [0.2, 0.25) is 0 Å². The van der Waals surface area contributed by atoms with Crippen LogP contribution in [0.5, 0.6) is 0 Å². The molecule has 25 heavy (non-hydrogen) atoms. The zero-order valence-corrected chi connectivity index (χ0v) is 14.7. The molecule has 0 N–H and O–H groups in total. The van der Waals surface area contributed by atoms with Gasteiger partial charge in [-0.2, -0.15) is 4.48 Å². The third kappa shape index (κ3) is 4.09. The van der Waals surface area contributed by atoms with Crippen LogP contribution in [0.15, 0.2) is 23.3 Å². The van der Waals surface area contributed by atoms with E-state index in [2.05, 4.69) is 0 Å². The fourth-order valence-electron chi connectivity index (χ4n) is 2.66. The summed E-state index contributed by atoms with van der Waals surface area (Å²) in [4.78, 5) is 48.1. The SMILES string of the molecule is CC1=CC(=O)N(CCOCCOCC[N+]2(C)C(=O)C=C(C)C2=O)C1=O. The molecule has 0 spiro atoms. The zero-order valence-electron chi connectivity index (χ0n) is 14.7. The quantitative estimate of drug-likeness (QED) is 0.324. The topological polar surface area (TPSA) is 90.0 Å². The van der Waals surface area contributed by atoms with Gasteiger partial charge < -0.3 is 9.47 Å². The maximum Gasteiger partial charge on any atom is 0.349 e. The van der Waals surface area contributed by atoms with Crippen molar-refractivity contribution < 1.29 is 33.1 Å². The van der Waals surface area contributed by atoms with E-state index in [1.54, 1.807) is 20.9 Å². The fraction of sp³-hybridized carbons (Fsp3) is 0.529. The number of hydrogen-bond donors (Lipinski definition) is 0. The van der Waals surface area contributed by atoms with Gasteiger partial charge in [0, 0.05) is 11.6 Å². The summed E-state index contributed by atoms with van der Waals surface area (Å²) in [5.74, 6) is -1.03. The van der Waals surface area contributed by atoms with Crippen molar-refractivity contribution in [2.75, 3.05) is 46.6 Å². The Morgan fingerprint density at radius 3 is 2.08 bits per heavy atom. The molecule has 0 fully saturated rings. The maximum absolute atomic E-state index is 12.0. The fourth-order valence-corrected chi connectivity index (χ4v) is 2.66. The van der Waals surface area contributed by atoms with Gasteiger partial charge in [-0.15, -0.1) is 0 Å². The summed E-state index contributed by atoms with van der Waals surface area (Å²) in [7, 11) is 1.58. The number of amides is 4. The summed E-state index contributed by atoms with van der Waals surface area (Å²) in [5, 5.41) is 0. The van der Waals surface area contributed by atoms with Crippen LogP contribution in [0.4, 0.5) is 0 Å². The standard InChI is InChI=1S/C17H23N2O6/c1-12-10-14(20)18(16(12)22)4-6-24-8-9-25-7-5-19(3)15(21)11-13(2)17(19)23/h10-11H,4-9H2,1-3H3/q+1. The van der Waals surface area contributed by atoms with Crippen LogP contribution in [0, 0.1) is 0 Å². The molecule has 4 amide bonds. The van der Waals surface area contributed by atoms with Gasteiger partial charge in [-0.25, -0.2) is 9.59 Å². The normalized spacial score (nSPS) is 23.6. The highest BCUT2D eigenvalue weighted by Gasteiger charge is 2.45. The van der Waals surface area contributed by atoms with Crippen LogP contribution in [-0.2, 0) is 28.7 Å². The first kappa shape index (κ1) is 19.2. The largest absolute Gasteiger partial charge is 0.377 e. The van der Waals surface area contributed by atoms with E-state index in [1.807, 2.05) is 0 Å². The number of likely N-dealkylation sites (N-methyl/N-ethyl adjacent to an activating group) is 1. The highest BCUT2D eigenvalue weighted by molar-refractivity contribution is 6.15. The summed E-state index contributed by atoms with van der Waals surface area (Å²) in [6, 6.07) is 0. The van der Waals surface area contributed by atoms with Crippen molar-refractivity contribution in [1.82, 2.24) is 4.90 Å². The number of carbonyl (C=O) groups excluding carboxylic acids is 4. The maximum atomic E-state index is 12.0.